The standard InChI is InChI=1S/C26H28N2O4S2/c1-2-17-32-24-13-7-6-11-21(24)12-8-16-27-34(30,31)22-14-15-23-25(18-22)33-26(29)28(23)19-20-9-4-3-5-10-20/h3-7,9-11,13-15,18,27H,2,8,12,16-17,19H2,1H3. The lowest BCUT2D eigenvalue weighted by Gasteiger charge is -2.11. The van der Waals surface area contributed by atoms with E-state index in [0.717, 1.165) is 40.2 Å². The molecule has 4 aromatic rings. The molecule has 0 unspecified atom stereocenters. The number of para-hydroxylation sites is 1. The molecule has 0 atom stereocenters. The van der Waals surface area contributed by atoms with E-state index in [1.165, 1.54) is 0 Å². The Morgan fingerprint density at radius 3 is 2.56 bits per heavy atom. The molecule has 6 nitrogen and oxygen atoms in total. The van der Waals surface area contributed by atoms with Gasteiger partial charge in [0, 0.05) is 6.54 Å². The molecule has 1 heterocycles. The summed E-state index contributed by atoms with van der Waals surface area (Å²) in [5.74, 6) is 0.854. The summed E-state index contributed by atoms with van der Waals surface area (Å²) in [5, 5.41) is 0. The highest BCUT2D eigenvalue weighted by Crippen LogP contribution is 2.23. The fourth-order valence-corrected chi connectivity index (χ4v) is 5.87. The molecular weight excluding hydrogens is 468 g/mol. The van der Waals surface area contributed by atoms with Crippen LogP contribution in [0.1, 0.15) is 30.9 Å². The van der Waals surface area contributed by atoms with Crippen LogP contribution in [0, 0.1) is 0 Å². The smallest absolute Gasteiger partial charge is 0.308 e. The lowest BCUT2D eigenvalue weighted by Crippen LogP contribution is -2.25. The molecule has 0 spiro atoms. The average molecular weight is 497 g/mol. The van der Waals surface area contributed by atoms with E-state index in [2.05, 4.69) is 11.6 Å². The second kappa shape index (κ2) is 11.0. The minimum absolute atomic E-state index is 0.106. The highest BCUT2D eigenvalue weighted by molar-refractivity contribution is 7.89. The number of benzene rings is 3. The first-order valence-electron chi connectivity index (χ1n) is 11.4. The molecule has 0 radical (unpaired) electrons. The van der Waals surface area contributed by atoms with Crippen molar-refractivity contribution in [3.8, 4) is 5.75 Å². The Morgan fingerprint density at radius 2 is 1.76 bits per heavy atom. The second-order valence-electron chi connectivity index (χ2n) is 8.03. The third-order valence-corrected chi connectivity index (χ3v) is 7.88. The normalized spacial score (nSPS) is 11.7. The number of ether oxygens (including phenoxy) is 1. The van der Waals surface area contributed by atoms with E-state index in [-0.39, 0.29) is 9.77 Å². The van der Waals surface area contributed by atoms with E-state index in [1.54, 1.807) is 22.8 Å². The quantitative estimate of drug-likeness (QED) is 0.302. The molecule has 8 heteroatoms. The number of nitrogens with zero attached hydrogens (tertiary/aromatic N) is 1. The predicted octanol–water partition coefficient (Wildman–Crippen LogP) is 4.81. The minimum Gasteiger partial charge on any atom is -0.493 e. The lowest BCUT2D eigenvalue weighted by atomic mass is 10.1. The third-order valence-electron chi connectivity index (χ3n) is 5.48. The Labute approximate surface area is 203 Å². The van der Waals surface area contributed by atoms with Gasteiger partial charge in [-0.25, -0.2) is 13.1 Å². The third kappa shape index (κ3) is 5.75. The van der Waals surface area contributed by atoms with E-state index >= 15 is 0 Å². The van der Waals surface area contributed by atoms with Crippen molar-refractivity contribution < 1.29 is 13.2 Å². The summed E-state index contributed by atoms with van der Waals surface area (Å²) in [4.78, 5) is 12.6. The van der Waals surface area contributed by atoms with Crippen LogP contribution in [0.15, 0.2) is 82.5 Å². The number of rotatable bonds is 11. The maximum atomic E-state index is 12.9. The zero-order valence-electron chi connectivity index (χ0n) is 19.1. The van der Waals surface area contributed by atoms with Gasteiger partial charge in [0.15, 0.2) is 0 Å². The molecule has 178 valence electrons. The van der Waals surface area contributed by atoms with Crippen molar-refractivity contribution in [1.82, 2.24) is 9.29 Å². The van der Waals surface area contributed by atoms with Crippen molar-refractivity contribution in [2.75, 3.05) is 13.2 Å². The van der Waals surface area contributed by atoms with Gasteiger partial charge in [0.1, 0.15) is 5.75 Å². The summed E-state index contributed by atoms with van der Waals surface area (Å²) >= 11 is 1.06. The van der Waals surface area contributed by atoms with Gasteiger partial charge in [-0.1, -0.05) is 66.8 Å². The Balaban J connectivity index is 1.42. The largest absolute Gasteiger partial charge is 0.493 e. The van der Waals surface area contributed by atoms with Gasteiger partial charge < -0.3 is 4.74 Å². The molecule has 0 amide bonds. The van der Waals surface area contributed by atoms with E-state index in [0.29, 0.717) is 37.2 Å². The van der Waals surface area contributed by atoms with Crippen LogP contribution in [0.2, 0.25) is 0 Å². The van der Waals surface area contributed by atoms with Gasteiger partial charge in [0.2, 0.25) is 10.0 Å². The fraction of sp³-hybridized carbons (Fsp3) is 0.269. The highest BCUT2D eigenvalue weighted by atomic mass is 32.2. The number of hydrogen-bond acceptors (Lipinski definition) is 5. The summed E-state index contributed by atoms with van der Waals surface area (Å²) < 4.78 is 36.5. The highest BCUT2D eigenvalue weighted by Gasteiger charge is 2.17. The zero-order valence-corrected chi connectivity index (χ0v) is 20.7. The summed E-state index contributed by atoms with van der Waals surface area (Å²) in [6.07, 6.45) is 2.29. The van der Waals surface area contributed by atoms with Gasteiger partial charge in [0.25, 0.3) is 0 Å². The van der Waals surface area contributed by atoms with Crippen LogP contribution in [0.4, 0.5) is 0 Å². The molecule has 0 saturated carbocycles. The van der Waals surface area contributed by atoms with Crippen molar-refractivity contribution in [1.29, 1.82) is 0 Å². The Hall–Kier alpha value is -2.94. The number of fused-ring (bicyclic) bond motifs is 1. The maximum absolute atomic E-state index is 12.9. The molecule has 0 bridgehead atoms. The Morgan fingerprint density at radius 1 is 1.00 bits per heavy atom. The first-order valence-corrected chi connectivity index (χ1v) is 13.7. The van der Waals surface area contributed by atoms with Gasteiger partial charge in [0.05, 0.1) is 28.3 Å². The van der Waals surface area contributed by atoms with E-state index in [9.17, 15) is 13.2 Å². The van der Waals surface area contributed by atoms with Crippen molar-refractivity contribution >= 4 is 31.6 Å². The lowest BCUT2D eigenvalue weighted by molar-refractivity contribution is 0.314. The molecule has 0 aliphatic carbocycles. The first-order chi connectivity index (χ1) is 16.5. The Kier molecular flexibility index (Phi) is 7.82. The minimum atomic E-state index is -3.68. The molecule has 0 aliphatic rings. The van der Waals surface area contributed by atoms with Crippen LogP contribution in [0.3, 0.4) is 0 Å². The summed E-state index contributed by atoms with van der Waals surface area (Å²) in [6.45, 7) is 3.48. The van der Waals surface area contributed by atoms with Crippen LogP contribution in [-0.2, 0) is 23.0 Å². The zero-order chi connectivity index (χ0) is 24.0. The van der Waals surface area contributed by atoms with Crippen molar-refractivity contribution in [3.05, 3.63) is 93.6 Å². The number of thiazole rings is 1. The second-order valence-corrected chi connectivity index (χ2v) is 10.8. The Bertz CT molecular complexity index is 1410. The molecule has 34 heavy (non-hydrogen) atoms. The fourth-order valence-electron chi connectivity index (χ4n) is 3.76. The summed E-state index contributed by atoms with van der Waals surface area (Å²) in [7, 11) is -3.68. The number of aryl methyl sites for hydroxylation is 1. The van der Waals surface area contributed by atoms with E-state index in [1.807, 2.05) is 54.6 Å². The molecular formula is C26H28N2O4S2. The van der Waals surface area contributed by atoms with Gasteiger partial charge in [-0.2, -0.15) is 0 Å². The monoisotopic (exact) mass is 496 g/mol. The van der Waals surface area contributed by atoms with E-state index in [4.69, 9.17) is 4.74 Å². The predicted molar refractivity (Wildman–Crippen MR) is 137 cm³/mol. The molecule has 1 N–H and O–H groups in total. The van der Waals surface area contributed by atoms with E-state index < -0.39 is 10.0 Å². The summed E-state index contributed by atoms with van der Waals surface area (Å²) in [5.41, 5.74) is 2.83. The van der Waals surface area contributed by atoms with Crippen LogP contribution >= 0.6 is 11.3 Å². The van der Waals surface area contributed by atoms with Crippen molar-refractivity contribution in [2.45, 2.75) is 37.6 Å². The SMILES string of the molecule is CCCOc1ccccc1CCCNS(=O)(=O)c1ccc2c(c1)sc(=O)n2Cc1ccccc1. The molecule has 0 saturated heterocycles. The number of sulfonamides is 1. The first kappa shape index (κ1) is 24.2. The van der Waals surface area contributed by atoms with Crippen LogP contribution in [0.5, 0.6) is 5.75 Å². The van der Waals surface area contributed by atoms with Crippen LogP contribution < -0.4 is 14.3 Å². The van der Waals surface area contributed by atoms with Crippen molar-refractivity contribution in [3.63, 3.8) is 0 Å². The number of aromatic nitrogens is 1. The van der Waals surface area contributed by atoms with Crippen LogP contribution in [-0.4, -0.2) is 26.1 Å². The van der Waals surface area contributed by atoms with Gasteiger partial charge in [-0.05, 0) is 54.7 Å². The van der Waals surface area contributed by atoms with Gasteiger partial charge >= 0.3 is 4.87 Å². The molecule has 1 aromatic heterocycles. The van der Waals surface area contributed by atoms with Gasteiger partial charge in [-0.15, -0.1) is 0 Å². The topological polar surface area (TPSA) is 77.4 Å². The summed E-state index contributed by atoms with van der Waals surface area (Å²) in [6, 6.07) is 22.4. The maximum Gasteiger partial charge on any atom is 0.308 e. The molecule has 0 aliphatic heterocycles. The number of nitrogens with one attached hydrogen (secondary N) is 1. The molecule has 0 fully saturated rings. The molecule has 3 aromatic carbocycles. The van der Waals surface area contributed by atoms with Gasteiger partial charge in [-0.3, -0.25) is 9.36 Å². The van der Waals surface area contributed by atoms with Crippen molar-refractivity contribution in [2.24, 2.45) is 0 Å². The van der Waals surface area contributed by atoms with Crippen LogP contribution in [0.25, 0.3) is 10.2 Å². The average Bonchev–Trinajstić information content (AvgIpc) is 3.16. The molecule has 4 rings (SSSR count). The number of hydrogen-bond donors (Lipinski definition) is 1.